The molecule has 0 bridgehead atoms. The van der Waals surface area contributed by atoms with Crippen LogP contribution in [-0.4, -0.2) is 16.9 Å². The molecule has 50 valence electrons. The van der Waals surface area contributed by atoms with Crippen LogP contribution in [0.5, 0.6) is 0 Å². The van der Waals surface area contributed by atoms with Gasteiger partial charge in [0.05, 0.1) is 4.61 Å². The van der Waals surface area contributed by atoms with Gasteiger partial charge in [-0.15, -0.1) is 0 Å². The van der Waals surface area contributed by atoms with Crippen LogP contribution in [0.25, 0.3) is 0 Å². The van der Waals surface area contributed by atoms with E-state index >= 15 is 0 Å². The molecule has 0 N–H and O–H groups in total. The lowest BCUT2D eigenvalue weighted by atomic mass is 10.4. The third kappa shape index (κ3) is 1.58. The van der Waals surface area contributed by atoms with E-state index in [1.54, 1.807) is 0 Å². The molecular formula is C6H7Br2N. The van der Waals surface area contributed by atoms with Gasteiger partial charge in [0.2, 0.25) is 0 Å². The Kier molecular flexibility index (Phi) is 2.35. The van der Waals surface area contributed by atoms with Crippen LogP contribution < -0.4 is 0 Å². The van der Waals surface area contributed by atoms with Crippen molar-refractivity contribution in [2.24, 2.45) is 0 Å². The van der Waals surface area contributed by atoms with Gasteiger partial charge >= 0.3 is 0 Å². The quantitative estimate of drug-likeness (QED) is 0.473. The van der Waals surface area contributed by atoms with Crippen molar-refractivity contribution in [3.8, 4) is 0 Å². The van der Waals surface area contributed by atoms with Gasteiger partial charge in [0, 0.05) is 7.05 Å². The van der Waals surface area contributed by atoms with Gasteiger partial charge in [-0.2, -0.15) is 0 Å². The Hall–Kier alpha value is 0.240. The van der Waals surface area contributed by atoms with E-state index in [1.165, 1.54) is 0 Å². The highest BCUT2D eigenvalue weighted by atomic mass is 79.9. The average molecular weight is 253 g/mol. The third-order valence-corrected chi connectivity index (χ3v) is 2.95. The largest absolute Gasteiger partial charge is 0.353 e. The summed E-state index contributed by atoms with van der Waals surface area (Å²) in [4.78, 5) is 2.41. The maximum absolute atomic E-state index is 3.46. The molecule has 0 saturated heterocycles. The molecular weight excluding hydrogens is 246 g/mol. The van der Waals surface area contributed by atoms with E-state index in [0.717, 1.165) is 4.61 Å². The van der Waals surface area contributed by atoms with Crippen molar-refractivity contribution in [1.82, 2.24) is 4.90 Å². The SMILES string of the molecule is CN1C(Br)=CC=CC1Br. The van der Waals surface area contributed by atoms with Crippen LogP contribution in [0.4, 0.5) is 0 Å². The molecule has 0 saturated carbocycles. The van der Waals surface area contributed by atoms with Crippen molar-refractivity contribution in [2.75, 3.05) is 7.05 Å². The number of nitrogens with zero attached hydrogens (tertiary/aromatic N) is 1. The fourth-order valence-corrected chi connectivity index (χ4v) is 1.64. The van der Waals surface area contributed by atoms with E-state index in [0.29, 0.717) is 4.95 Å². The van der Waals surface area contributed by atoms with E-state index in [2.05, 4.69) is 42.8 Å². The Labute approximate surface area is 71.7 Å². The number of halogens is 2. The summed E-state index contributed by atoms with van der Waals surface area (Å²) in [6, 6.07) is 0. The van der Waals surface area contributed by atoms with E-state index in [1.807, 2.05) is 19.2 Å². The topological polar surface area (TPSA) is 3.24 Å². The van der Waals surface area contributed by atoms with E-state index in [9.17, 15) is 0 Å². The van der Waals surface area contributed by atoms with Gasteiger partial charge in [-0.1, -0.05) is 28.1 Å². The number of hydrogen-bond acceptors (Lipinski definition) is 1. The summed E-state index contributed by atoms with van der Waals surface area (Å²) in [5, 5.41) is 0. The molecule has 0 aliphatic carbocycles. The molecule has 0 spiro atoms. The van der Waals surface area contributed by atoms with Gasteiger partial charge < -0.3 is 4.90 Å². The van der Waals surface area contributed by atoms with Crippen LogP contribution in [0.3, 0.4) is 0 Å². The second-order valence-corrected chi connectivity index (χ2v) is 3.61. The molecule has 0 radical (unpaired) electrons. The molecule has 0 aromatic rings. The number of rotatable bonds is 0. The molecule has 0 aromatic carbocycles. The van der Waals surface area contributed by atoms with Crippen molar-refractivity contribution in [2.45, 2.75) is 4.95 Å². The van der Waals surface area contributed by atoms with Gasteiger partial charge in [0.1, 0.15) is 4.95 Å². The maximum Gasteiger partial charge on any atom is 0.103 e. The molecule has 0 aromatic heterocycles. The van der Waals surface area contributed by atoms with Gasteiger partial charge in [-0.3, -0.25) is 0 Å². The van der Waals surface area contributed by atoms with Crippen LogP contribution in [0.1, 0.15) is 0 Å². The normalized spacial score (nSPS) is 26.3. The summed E-state index contributed by atoms with van der Waals surface area (Å²) in [6.07, 6.45) is 6.10. The van der Waals surface area contributed by atoms with E-state index in [4.69, 9.17) is 0 Å². The van der Waals surface area contributed by atoms with E-state index < -0.39 is 0 Å². The van der Waals surface area contributed by atoms with Gasteiger partial charge in [0.15, 0.2) is 0 Å². The Morgan fingerprint density at radius 1 is 1.67 bits per heavy atom. The Morgan fingerprint density at radius 3 is 2.78 bits per heavy atom. The zero-order chi connectivity index (χ0) is 6.85. The highest BCUT2D eigenvalue weighted by Gasteiger charge is 2.10. The minimum absolute atomic E-state index is 0.330. The first kappa shape index (κ1) is 7.35. The Bertz CT molecular complexity index is 162. The lowest BCUT2D eigenvalue weighted by molar-refractivity contribution is 0.471. The van der Waals surface area contributed by atoms with Crippen molar-refractivity contribution >= 4 is 31.9 Å². The first-order valence-corrected chi connectivity index (χ1v) is 4.33. The number of alkyl halides is 1. The van der Waals surface area contributed by atoms with Crippen molar-refractivity contribution < 1.29 is 0 Å². The number of likely N-dealkylation sites (N-methyl/N-ethyl adjacent to an activating group) is 1. The van der Waals surface area contributed by atoms with Crippen molar-refractivity contribution in [1.29, 1.82) is 0 Å². The molecule has 1 atom stereocenters. The predicted molar refractivity (Wildman–Crippen MR) is 46.6 cm³/mol. The molecule has 1 aliphatic heterocycles. The predicted octanol–water partition coefficient (Wildman–Crippen LogP) is 2.45. The smallest absolute Gasteiger partial charge is 0.103 e. The summed E-state index contributed by atoms with van der Waals surface area (Å²) < 4.78 is 1.10. The lowest BCUT2D eigenvalue weighted by Crippen LogP contribution is -2.23. The molecule has 3 heteroatoms. The number of allylic oxidation sites excluding steroid dienone is 2. The Balaban J connectivity index is 2.73. The summed E-state index contributed by atoms with van der Waals surface area (Å²) in [5.41, 5.74) is 0. The minimum atomic E-state index is 0.330. The average Bonchev–Trinajstić information content (AvgIpc) is 1.83. The summed E-state index contributed by atoms with van der Waals surface area (Å²) in [5.74, 6) is 0. The zero-order valence-electron chi connectivity index (χ0n) is 5.01. The molecule has 1 aliphatic rings. The van der Waals surface area contributed by atoms with Crippen LogP contribution in [0, 0.1) is 0 Å². The first-order valence-electron chi connectivity index (χ1n) is 2.62. The minimum Gasteiger partial charge on any atom is -0.353 e. The lowest BCUT2D eigenvalue weighted by Gasteiger charge is -2.24. The molecule has 1 nitrogen and oxygen atoms in total. The molecule has 0 fully saturated rings. The second kappa shape index (κ2) is 2.88. The molecule has 0 amide bonds. The van der Waals surface area contributed by atoms with Crippen LogP contribution in [-0.2, 0) is 0 Å². The van der Waals surface area contributed by atoms with Crippen molar-refractivity contribution in [3.05, 3.63) is 22.8 Å². The maximum atomic E-state index is 3.46. The standard InChI is InChI=1S/C6H7Br2N/c1-9-5(7)3-2-4-6(9)8/h2-5H,1H3. The highest BCUT2D eigenvalue weighted by Crippen LogP contribution is 2.21. The third-order valence-electron chi connectivity index (χ3n) is 1.21. The van der Waals surface area contributed by atoms with Gasteiger partial charge in [-0.25, -0.2) is 0 Å². The van der Waals surface area contributed by atoms with Gasteiger partial charge in [-0.05, 0) is 22.0 Å². The summed E-state index contributed by atoms with van der Waals surface area (Å²) >= 11 is 6.86. The second-order valence-electron chi connectivity index (χ2n) is 1.86. The zero-order valence-corrected chi connectivity index (χ0v) is 8.18. The fraction of sp³-hybridized carbons (Fsp3) is 0.333. The van der Waals surface area contributed by atoms with Crippen LogP contribution in [0.2, 0.25) is 0 Å². The number of hydrogen-bond donors (Lipinski definition) is 0. The van der Waals surface area contributed by atoms with Crippen LogP contribution in [0.15, 0.2) is 22.8 Å². The van der Waals surface area contributed by atoms with Crippen molar-refractivity contribution in [3.63, 3.8) is 0 Å². The fourth-order valence-electron chi connectivity index (χ4n) is 0.591. The monoisotopic (exact) mass is 251 g/mol. The first-order chi connectivity index (χ1) is 4.22. The highest BCUT2D eigenvalue weighted by molar-refractivity contribution is 9.12. The molecule has 9 heavy (non-hydrogen) atoms. The summed E-state index contributed by atoms with van der Waals surface area (Å²) in [7, 11) is 2.02. The molecule has 1 heterocycles. The van der Waals surface area contributed by atoms with Crippen LogP contribution >= 0.6 is 31.9 Å². The summed E-state index contributed by atoms with van der Waals surface area (Å²) in [6.45, 7) is 0. The van der Waals surface area contributed by atoms with E-state index in [-0.39, 0.29) is 0 Å². The molecule has 1 unspecified atom stereocenters. The van der Waals surface area contributed by atoms with Gasteiger partial charge in [0.25, 0.3) is 0 Å². The Morgan fingerprint density at radius 2 is 2.33 bits per heavy atom. The molecule has 1 rings (SSSR count).